The molecule has 0 atom stereocenters. The van der Waals surface area contributed by atoms with Gasteiger partial charge < -0.3 is 9.84 Å². The van der Waals surface area contributed by atoms with Gasteiger partial charge in [0.05, 0.1) is 10.6 Å². The minimum atomic E-state index is -4.11. The van der Waals surface area contributed by atoms with E-state index >= 15 is 0 Å². The first kappa shape index (κ1) is 20.0. The van der Waals surface area contributed by atoms with E-state index in [4.69, 9.17) is 33.0 Å². The zero-order chi connectivity index (χ0) is 20.3. The fourth-order valence-corrected chi connectivity index (χ4v) is 4.28. The zero-order valence-electron chi connectivity index (χ0n) is 14.1. The van der Waals surface area contributed by atoms with Gasteiger partial charge in [-0.15, -0.1) is 0 Å². The summed E-state index contributed by atoms with van der Waals surface area (Å²) in [5.41, 5.74) is 1.44. The minimum absolute atomic E-state index is 0.0418. The van der Waals surface area contributed by atoms with Gasteiger partial charge in [-0.1, -0.05) is 59.6 Å². The molecule has 0 unspecified atom stereocenters. The zero-order valence-corrected chi connectivity index (χ0v) is 16.4. The third-order valence-electron chi connectivity index (χ3n) is 3.67. The maximum Gasteiger partial charge on any atom is 0.511 e. The summed E-state index contributed by atoms with van der Waals surface area (Å²) in [4.78, 5) is 10.8. The van der Waals surface area contributed by atoms with E-state index in [0.717, 1.165) is 5.56 Å². The van der Waals surface area contributed by atoms with Crippen LogP contribution >= 0.6 is 23.2 Å². The molecule has 0 aliphatic rings. The molecule has 0 saturated carbocycles. The summed E-state index contributed by atoms with van der Waals surface area (Å²) in [6, 6.07) is 17.5. The fraction of sp³-hybridized carbons (Fsp3) is 0. The Hall–Kier alpha value is -2.74. The Morgan fingerprint density at radius 2 is 1.54 bits per heavy atom. The summed E-state index contributed by atoms with van der Waals surface area (Å²) in [5, 5.41) is 9.22. The summed E-state index contributed by atoms with van der Waals surface area (Å²) in [5.74, 6) is -0.163. The number of rotatable bonds is 5. The Bertz CT molecular complexity index is 1110. The molecule has 0 aliphatic heterocycles. The lowest BCUT2D eigenvalue weighted by molar-refractivity contribution is 0.144. The molecule has 0 fully saturated rings. The number of benzene rings is 3. The first-order valence-electron chi connectivity index (χ1n) is 7.84. The average molecular weight is 438 g/mol. The summed E-state index contributed by atoms with van der Waals surface area (Å²) < 4.78 is 32.6. The van der Waals surface area contributed by atoms with E-state index in [9.17, 15) is 13.2 Å². The highest BCUT2D eigenvalue weighted by atomic mass is 35.5. The van der Waals surface area contributed by atoms with Gasteiger partial charge in [0, 0.05) is 10.0 Å². The van der Waals surface area contributed by atoms with Gasteiger partial charge in [-0.2, -0.15) is 0 Å². The van der Waals surface area contributed by atoms with E-state index < -0.39 is 16.2 Å². The van der Waals surface area contributed by atoms with Crippen molar-refractivity contribution in [1.82, 2.24) is 0 Å². The summed E-state index contributed by atoms with van der Waals surface area (Å²) in [6.07, 6.45) is -1.57. The van der Waals surface area contributed by atoms with Gasteiger partial charge in [0.2, 0.25) is 0 Å². The Labute approximate surface area is 171 Å². The lowest BCUT2D eigenvalue weighted by atomic mass is 10.1. The van der Waals surface area contributed by atoms with Crippen LogP contribution in [0.5, 0.6) is 5.75 Å². The summed E-state index contributed by atoms with van der Waals surface area (Å²) >= 11 is 11.8. The highest BCUT2D eigenvalue weighted by molar-refractivity contribution is 7.92. The molecule has 0 heterocycles. The lowest BCUT2D eigenvalue weighted by Gasteiger charge is -2.14. The largest absolute Gasteiger partial charge is 0.511 e. The van der Waals surface area contributed by atoms with Crippen LogP contribution in [0.25, 0.3) is 11.1 Å². The molecule has 3 aromatic rings. The highest BCUT2D eigenvalue weighted by Gasteiger charge is 2.20. The molecule has 0 aromatic heterocycles. The highest BCUT2D eigenvalue weighted by Crippen LogP contribution is 2.33. The molecule has 0 saturated heterocycles. The summed E-state index contributed by atoms with van der Waals surface area (Å²) in [7, 11) is -4.11. The Morgan fingerprint density at radius 1 is 0.893 bits per heavy atom. The Balaban J connectivity index is 2.06. The number of anilines is 1. The van der Waals surface area contributed by atoms with Crippen LogP contribution in [0.2, 0.25) is 10.0 Å². The van der Waals surface area contributed by atoms with E-state index in [1.807, 2.05) is 30.3 Å². The summed E-state index contributed by atoms with van der Waals surface area (Å²) in [6.45, 7) is 0. The molecule has 0 aliphatic carbocycles. The second-order valence-electron chi connectivity index (χ2n) is 5.66. The van der Waals surface area contributed by atoms with Crippen LogP contribution in [-0.2, 0) is 10.0 Å². The molecule has 0 radical (unpaired) electrons. The first-order valence-corrected chi connectivity index (χ1v) is 10.1. The lowest BCUT2D eigenvalue weighted by Crippen LogP contribution is -2.15. The first-order chi connectivity index (χ1) is 13.2. The number of sulfonamides is 1. The van der Waals surface area contributed by atoms with Crippen molar-refractivity contribution in [2.75, 3.05) is 4.72 Å². The predicted octanol–water partition coefficient (Wildman–Crippen LogP) is 5.52. The molecule has 144 valence electrons. The van der Waals surface area contributed by atoms with Crippen molar-refractivity contribution in [3.8, 4) is 16.9 Å². The predicted molar refractivity (Wildman–Crippen MR) is 108 cm³/mol. The molecule has 2 N–H and O–H groups in total. The number of hydrogen-bond acceptors (Lipinski definition) is 4. The van der Waals surface area contributed by atoms with Crippen LogP contribution in [0.4, 0.5) is 10.5 Å². The van der Waals surface area contributed by atoms with Gasteiger partial charge in [-0.3, -0.25) is 4.72 Å². The van der Waals surface area contributed by atoms with E-state index in [-0.39, 0.29) is 26.4 Å². The molecular weight excluding hydrogens is 425 g/mol. The average Bonchev–Trinajstić information content (AvgIpc) is 2.62. The number of halogens is 2. The van der Waals surface area contributed by atoms with Gasteiger partial charge in [0.15, 0.2) is 5.75 Å². The van der Waals surface area contributed by atoms with Crippen molar-refractivity contribution >= 4 is 45.1 Å². The van der Waals surface area contributed by atoms with Gasteiger partial charge >= 0.3 is 6.16 Å². The van der Waals surface area contributed by atoms with Crippen LogP contribution in [0.3, 0.4) is 0 Å². The van der Waals surface area contributed by atoms with Crippen molar-refractivity contribution in [3.05, 3.63) is 76.8 Å². The molecule has 28 heavy (non-hydrogen) atoms. The van der Waals surface area contributed by atoms with E-state index in [1.165, 1.54) is 30.3 Å². The second kappa shape index (κ2) is 8.10. The van der Waals surface area contributed by atoms with Crippen molar-refractivity contribution < 1.29 is 23.1 Å². The molecule has 3 aromatic carbocycles. The molecule has 0 spiro atoms. The quantitative estimate of drug-likeness (QED) is 0.404. The third kappa shape index (κ3) is 4.75. The fourth-order valence-electron chi connectivity index (χ4n) is 2.49. The molecular formula is C19H13Cl2NO5S. The number of carboxylic acid groups (broad SMARTS) is 1. The molecule has 9 heteroatoms. The normalized spacial score (nSPS) is 11.1. The molecule has 0 amide bonds. The van der Waals surface area contributed by atoms with Crippen molar-refractivity contribution in [1.29, 1.82) is 0 Å². The Kier molecular flexibility index (Phi) is 5.79. The number of ether oxygens (including phenoxy) is 1. The van der Waals surface area contributed by atoms with Crippen LogP contribution in [0.15, 0.2) is 71.6 Å². The standard InChI is InChI=1S/C19H13Cl2NO5S/c20-14-9-15(21)11-16(10-14)28(25,26)22-17-8-13(12-4-2-1-3-5-12)6-7-18(17)27-19(23)24/h1-11,22H,(H,23,24). The molecule has 0 bridgehead atoms. The van der Waals surface area contributed by atoms with Gasteiger partial charge in [0.1, 0.15) is 0 Å². The van der Waals surface area contributed by atoms with Crippen molar-refractivity contribution in [2.45, 2.75) is 4.90 Å². The second-order valence-corrected chi connectivity index (χ2v) is 8.21. The monoisotopic (exact) mass is 437 g/mol. The van der Waals surface area contributed by atoms with E-state index in [0.29, 0.717) is 5.56 Å². The van der Waals surface area contributed by atoms with Gasteiger partial charge in [-0.25, -0.2) is 13.2 Å². The van der Waals surface area contributed by atoms with Gasteiger partial charge in [0.25, 0.3) is 10.0 Å². The smallest absolute Gasteiger partial charge is 0.449 e. The minimum Gasteiger partial charge on any atom is -0.449 e. The number of nitrogens with one attached hydrogen (secondary N) is 1. The molecule has 6 nitrogen and oxygen atoms in total. The third-order valence-corrected chi connectivity index (χ3v) is 5.46. The van der Waals surface area contributed by atoms with Crippen molar-refractivity contribution in [3.63, 3.8) is 0 Å². The number of hydrogen-bond donors (Lipinski definition) is 2. The maximum atomic E-state index is 12.8. The molecule has 3 rings (SSSR count). The van der Waals surface area contributed by atoms with E-state index in [2.05, 4.69) is 4.72 Å². The van der Waals surface area contributed by atoms with Crippen LogP contribution in [0.1, 0.15) is 0 Å². The van der Waals surface area contributed by atoms with Crippen LogP contribution in [-0.4, -0.2) is 19.7 Å². The Morgan fingerprint density at radius 3 is 2.14 bits per heavy atom. The van der Waals surface area contributed by atoms with E-state index in [1.54, 1.807) is 6.07 Å². The SMILES string of the molecule is O=C(O)Oc1ccc(-c2ccccc2)cc1NS(=O)(=O)c1cc(Cl)cc(Cl)c1. The van der Waals surface area contributed by atoms with Crippen molar-refractivity contribution in [2.24, 2.45) is 0 Å². The number of carbonyl (C=O) groups is 1. The maximum absolute atomic E-state index is 12.8. The van der Waals surface area contributed by atoms with Crippen LogP contribution < -0.4 is 9.46 Å². The topological polar surface area (TPSA) is 92.7 Å². The van der Waals surface area contributed by atoms with Crippen LogP contribution in [0, 0.1) is 0 Å². The van der Waals surface area contributed by atoms with Gasteiger partial charge in [-0.05, 0) is 41.5 Å².